The van der Waals surface area contributed by atoms with E-state index in [1.165, 1.54) is 12.1 Å². The maximum atomic E-state index is 13.0. The Kier molecular flexibility index (Phi) is 3.24. The van der Waals surface area contributed by atoms with Crippen LogP contribution in [0.1, 0.15) is 12.5 Å². The number of halogens is 1. The van der Waals surface area contributed by atoms with E-state index in [1.807, 2.05) is 6.07 Å². The number of hydrogen-bond donors (Lipinski definition) is 2. The summed E-state index contributed by atoms with van der Waals surface area (Å²) in [5.74, 6) is -1.08. The molecule has 78 valence electrons. The van der Waals surface area contributed by atoms with E-state index in [-0.39, 0.29) is 5.56 Å². The number of nitriles is 1. The predicted molar refractivity (Wildman–Crippen MR) is 53.4 cm³/mol. The largest absolute Gasteiger partial charge is 0.374 e. The summed E-state index contributed by atoms with van der Waals surface area (Å²) in [6.07, 6.45) is 0. The number of nitrogens with two attached hydrogens (primary N) is 1. The van der Waals surface area contributed by atoms with E-state index >= 15 is 0 Å². The van der Waals surface area contributed by atoms with Crippen LogP contribution < -0.4 is 11.1 Å². The van der Waals surface area contributed by atoms with Crippen LogP contribution in [0.4, 0.5) is 10.1 Å². The van der Waals surface area contributed by atoms with Crippen LogP contribution in [0.25, 0.3) is 0 Å². The van der Waals surface area contributed by atoms with E-state index in [0.29, 0.717) is 5.69 Å². The monoisotopic (exact) mass is 207 g/mol. The average molecular weight is 207 g/mol. The molecule has 1 unspecified atom stereocenters. The third-order valence-corrected chi connectivity index (χ3v) is 1.84. The molecule has 1 atom stereocenters. The molecule has 0 saturated carbocycles. The molecule has 1 rings (SSSR count). The van der Waals surface area contributed by atoms with Crippen molar-refractivity contribution >= 4 is 11.6 Å². The predicted octanol–water partition coefficient (Wildman–Crippen LogP) is 0.983. The van der Waals surface area contributed by atoms with Crippen LogP contribution in [0.3, 0.4) is 0 Å². The lowest BCUT2D eigenvalue weighted by Crippen LogP contribution is -2.32. The molecule has 0 aliphatic heterocycles. The molecule has 3 N–H and O–H groups in total. The number of hydrogen-bond acceptors (Lipinski definition) is 3. The molecule has 1 aromatic carbocycles. The van der Waals surface area contributed by atoms with Crippen molar-refractivity contribution in [2.75, 3.05) is 5.32 Å². The molecule has 0 fully saturated rings. The Labute approximate surface area is 86.5 Å². The van der Waals surface area contributed by atoms with Crippen molar-refractivity contribution in [2.24, 2.45) is 5.73 Å². The van der Waals surface area contributed by atoms with Gasteiger partial charge in [0.05, 0.1) is 11.6 Å². The van der Waals surface area contributed by atoms with Gasteiger partial charge in [0.2, 0.25) is 5.91 Å². The van der Waals surface area contributed by atoms with Crippen molar-refractivity contribution in [3.63, 3.8) is 0 Å². The summed E-state index contributed by atoms with van der Waals surface area (Å²) in [6, 6.07) is 4.95. The highest BCUT2D eigenvalue weighted by Crippen LogP contribution is 2.14. The van der Waals surface area contributed by atoms with Gasteiger partial charge in [0.25, 0.3) is 0 Å². The lowest BCUT2D eigenvalue weighted by molar-refractivity contribution is -0.118. The highest BCUT2D eigenvalue weighted by molar-refractivity contribution is 5.82. The smallest absolute Gasteiger partial charge is 0.239 e. The van der Waals surface area contributed by atoms with Gasteiger partial charge in [-0.2, -0.15) is 5.26 Å². The molecular weight excluding hydrogens is 197 g/mol. The highest BCUT2D eigenvalue weighted by Gasteiger charge is 2.09. The third kappa shape index (κ3) is 2.95. The van der Waals surface area contributed by atoms with Gasteiger partial charge >= 0.3 is 0 Å². The van der Waals surface area contributed by atoms with Gasteiger partial charge in [0, 0.05) is 5.69 Å². The summed E-state index contributed by atoms with van der Waals surface area (Å²) in [6.45, 7) is 1.55. The second kappa shape index (κ2) is 4.42. The molecule has 0 spiro atoms. The van der Waals surface area contributed by atoms with Gasteiger partial charge in [-0.3, -0.25) is 4.79 Å². The first kappa shape index (κ1) is 11.0. The first-order valence-electron chi connectivity index (χ1n) is 4.29. The molecule has 4 nitrogen and oxygen atoms in total. The number of nitrogens with one attached hydrogen (secondary N) is 1. The number of carbonyl (C=O) groups excluding carboxylic acids is 1. The molecule has 0 aromatic heterocycles. The molecule has 1 aromatic rings. The molecule has 5 heteroatoms. The molecule has 0 aliphatic carbocycles. The van der Waals surface area contributed by atoms with Gasteiger partial charge in [-0.25, -0.2) is 4.39 Å². The minimum Gasteiger partial charge on any atom is -0.374 e. The Bertz CT molecular complexity index is 425. The van der Waals surface area contributed by atoms with Crippen LogP contribution in [0.15, 0.2) is 18.2 Å². The Balaban J connectivity index is 2.91. The zero-order chi connectivity index (χ0) is 11.4. The fourth-order valence-corrected chi connectivity index (χ4v) is 1.06. The zero-order valence-electron chi connectivity index (χ0n) is 8.12. The second-order valence-electron chi connectivity index (χ2n) is 3.11. The van der Waals surface area contributed by atoms with Gasteiger partial charge in [-0.05, 0) is 25.1 Å². The van der Waals surface area contributed by atoms with Crippen LogP contribution in [-0.2, 0) is 4.79 Å². The average Bonchev–Trinajstić information content (AvgIpc) is 2.16. The maximum Gasteiger partial charge on any atom is 0.239 e. The number of nitrogens with zero attached hydrogens (tertiary/aromatic N) is 1. The van der Waals surface area contributed by atoms with Gasteiger partial charge < -0.3 is 11.1 Å². The minimum absolute atomic E-state index is 0.189. The van der Waals surface area contributed by atoms with Crippen molar-refractivity contribution in [3.05, 3.63) is 29.6 Å². The first-order valence-corrected chi connectivity index (χ1v) is 4.29. The maximum absolute atomic E-state index is 13.0. The van der Waals surface area contributed by atoms with Crippen LogP contribution in [0.5, 0.6) is 0 Å². The first-order chi connectivity index (χ1) is 7.02. The number of primary amides is 1. The number of benzene rings is 1. The summed E-state index contributed by atoms with van der Waals surface area (Å²) in [5, 5.41) is 11.3. The number of anilines is 1. The van der Waals surface area contributed by atoms with Crippen molar-refractivity contribution < 1.29 is 9.18 Å². The van der Waals surface area contributed by atoms with E-state index in [2.05, 4.69) is 5.32 Å². The van der Waals surface area contributed by atoms with E-state index < -0.39 is 17.8 Å². The second-order valence-corrected chi connectivity index (χ2v) is 3.11. The summed E-state index contributed by atoms with van der Waals surface area (Å²) in [7, 11) is 0. The Morgan fingerprint density at radius 1 is 1.60 bits per heavy atom. The van der Waals surface area contributed by atoms with Gasteiger partial charge in [0.15, 0.2) is 0 Å². The van der Waals surface area contributed by atoms with Gasteiger partial charge in [0.1, 0.15) is 11.9 Å². The lowest BCUT2D eigenvalue weighted by Gasteiger charge is -2.11. The lowest BCUT2D eigenvalue weighted by atomic mass is 10.2. The zero-order valence-corrected chi connectivity index (χ0v) is 8.12. The van der Waals surface area contributed by atoms with Gasteiger partial charge in [-0.15, -0.1) is 0 Å². The van der Waals surface area contributed by atoms with E-state index in [0.717, 1.165) is 6.07 Å². The third-order valence-electron chi connectivity index (χ3n) is 1.84. The summed E-state index contributed by atoms with van der Waals surface area (Å²) in [5.41, 5.74) is 5.58. The van der Waals surface area contributed by atoms with Gasteiger partial charge in [-0.1, -0.05) is 0 Å². The van der Waals surface area contributed by atoms with Crippen LogP contribution in [-0.4, -0.2) is 11.9 Å². The van der Waals surface area contributed by atoms with Crippen molar-refractivity contribution in [1.29, 1.82) is 5.26 Å². The molecular formula is C10H10FN3O. The summed E-state index contributed by atoms with van der Waals surface area (Å²) < 4.78 is 13.0. The Hall–Kier alpha value is -2.09. The van der Waals surface area contributed by atoms with Crippen molar-refractivity contribution in [2.45, 2.75) is 13.0 Å². The normalized spacial score (nSPS) is 11.5. The molecule has 15 heavy (non-hydrogen) atoms. The minimum atomic E-state index is -0.613. The van der Waals surface area contributed by atoms with Crippen molar-refractivity contribution in [1.82, 2.24) is 0 Å². The summed E-state index contributed by atoms with van der Waals surface area (Å²) in [4.78, 5) is 10.7. The fourth-order valence-electron chi connectivity index (χ4n) is 1.06. The SMILES string of the molecule is CC(Nc1cc(F)cc(C#N)c1)C(N)=O. The number of rotatable bonds is 3. The van der Waals surface area contributed by atoms with Crippen LogP contribution in [0, 0.1) is 17.1 Å². The fraction of sp³-hybridized carbons (Fsp3) is 0.200. The van der Waals surface area contributed by atoms with Crippen LogP contribution >= 0.6 is 0 Å². The van der Waals surface area contributed by atoms with Crippen molar-refractivity contribution in [3.8, 4) is 6.07 Å². The van der Waals surface area contributed by atoms with Crippen LogP contribution in [0.2, 0.25) is 0 Å². The Morgan fingerprint density at radius 2 is 2.27 bits per heavy atom. The molecule has 0 bridgehead atoms. The van der Waals surface area contributed by atoms with E-state index in [1.54, 1.807) is 6.92 Å². The molecule has 0 saturated heterocycles. The summed E-state index contributed by atoms with van der Waals surface area (Å²) >= 11 is 0. The molecule has 0 heterocycles. The van der Waals surface area contributed by atoms with E-state index in [9.17, 15) is 9.18 Å². The topological polar surface area (TPSA) is 78.9 Å². The quantitative estimate of drug-likeness (QED) is 0.775. The number of carbonyl (C=O) groups is 1. The van der Waals surface area contributed by atoms with E-state index in [4.69, 9.17) is 11.0 Å². The Morgan fingerprint density at radius 3 is 2.80 bits per heavy atom. The highest BCUT2D eigenvalue weighted by atomic mass is 19.1. The number of amides is 1. The molecule has 0 radical (unpaired) electrons. The molecule has 0 aliphatic rings. The molecule has 1 amide bonds. The standard InChI is InChI=1S/C10H10FN3O/c1-6(10(13)15)14-9-3-7(5-12)2-8(11)4-9/h2-4,6,14H,1H3,(H2,13,15).